The molecular formula is C14H22N2O3S. The fraction of sp³-hybridized carbons (Fsp3) is 0.571. The molecule has 0 amide bonds. The Morgan fingerprint density at radius 1 is 1.40 bits per heavy atom. The van der Waals surface area contributed by atoms with E-state index in [0.717, 1.165) is 25.1 Å². The van der Waals surface area contributed by atoms with Crippen LogP contribution in [-0.4, -0.2) is 50.4 Å². The second-order valence-electron chi connectivity index (χ2n) is 5.31. The van der Waals surface area contributed by atoms with Crippen LogP contribution in [0.1, 0.15) is 12.0 Å². The first kappa shape index (κ1) is 15.4. The molecule has 1 aromatic carbocycles. The van der Waals surface area contributed by atoms with Gasteiger partial charge in [0.1, 0.15) is 0 Å². The first-order valence-electron chi connectivity index (χ1n) is 6.90. The minimum absolute atomic E-state index is 0.110. The van der Waals surface area contributed by atoms with Crippen molar-refractivity contribution in [1.29, 1.82) is 0 Å². The van der Waals surface area contributed by atoms with Crippen LogP contribution in [-0.2, 0) is 16.4 Å². The Labute approximate surface area is 120 Å². The van der Waals surface area contributed by atoms with Crippen molar-refractivity contribution in [2.24, 2.45) is 11.7 Å². The Hall–Kier alpha value is -0.950. The standard InChI is InChI=1S/C14H22N2O3S/c15-9-12-2-1-3-14(8-12)20(18,19)7-6-16-5-4-13(10-16)11-17/h1-3,8,13,17H,4-7,9-11,15H2. The number of hydrogen-bond acceptors (Lipinski definition) is 5. The maximum absolute atomic E-state index is 12.3. The van der Waals surface area contributed by atoms with E-state index in [1.807, 2.05) is 6.07 Å². The van der Waals surface area contributed by atoms with Crippen molar-refractivity contribution in [3.8, 4) is 0 Å². The maximum atomic E-state index is 12.3. The van der Waals surface area contributed by atoms with Gasteiger partial charge in [-0.3, -0.25) is 0 Å². The molecule has 1 aromatic rings. The van der Waals surface area contributed by atoms with Crippen molar-refractivity contribution >= 4 is 9.84 Å². The summed E-state index contributed by atoms with van der Waals surface area (Å²) < 4.78 is 24.6. The van der Waals surface area contributed by atoms with Gasteiger partial charge in [-0.1, -0.05) is 12.1 Å². The van der Waals surface area contributed by atoms with Gasteiger partial charge in [0.25, 0.3) is 0 Å². The molecule has 0 radical (unpaired) electrons. The molecule has 1 fully saturated rings. The molecular weight excluding hydrogens is 276 g/mol. The molecule has 0 spiro atoms. The average Bonchev–Trinajstić information content (AvgIpc) is 2.93. The Morgan fingerprint density at radius 3 is 2.85 bits per heavy atom. The summed E-state index contributed by atoms with van der Waals surface area (Å²) in [6.45, 7) is 2.69. The van der Waals surface area contributed by atoms with E-state index in [9.17, 15) is 8.42 Å². The van der Waals surface area contributed by atoms with Crippen LogP contribution in [0.25, 0.3) is 0 Å². The van der Waals surface area contributed by atoms with Crippen molar-refractivity contribution < 1.29 is 13.5 Å². The van der Waals surface area contributed by atoms with Gasteiger partial charge in [0.05, 0.1) is 10.6 Å². The Balaban J connectivity index is 1.97. The van der Waals surface area contributed by atoms with Gasteiger partial charge >= 0.3 is 0 Å². The lowest BCUT2D eigenvalue weighted by atomic mass is 10.1. The predicted molar refractivity (Wildman–Crippen MR) is 78.0 cm³/mol. The summed E-state index contributed by atoms with van der Waals surface area (Å²) in [6.07, 6.45) is 0.944. The summed E-state index contributed by atoms with van der Waals surface area (Å²) in [4.78, 5) is 2.45. The Bertz CT molecular complexity index is 545. The molecule has 112 valence electrons. The smallest absolute Gasteiger partial charge is 0.179 e. The number of nitrogens with two attached hydrogens (primary N) is 1. The lowest BCUT2D eigenvalue weighted by molar-refractivity contribution is 0.224. The molecule has 5 nitrogen and oxygen atoms in total. The maximum Gasteiger partial charge on any atom is 0.179 e. The molecule has 0 saturated carbocycles. The van der Waals surface area contributed by atoms with Gasteiger partial charge < -0.3 is 15.7 Å². The number of benzene rings is 1. The molecule has 2 rings (SSSR count). The minimum atomic E-state index is -3.26. The topological polar surface area (TPSA) is 83.6 Å². The number of aliphatic hydroxyl groups excluding tert-OH is 1. The van der Waals surface area contributed by atoms with E-state index in [-0.39, 0.29) is 12.4 Å². The van der Waals surface area contributed by atoms with E-state index in [4.69, 9.17) is 10.8 Å². The van der Waals surface area contributed by atoms with Gasteiger partial charge in [-0.2, -0.15) is 0 Å². The zero-order valence-electron chi connectivity index (χ0n) is 11.5. The molecule has 1 heterocycles. The lowest BCUT2D eigenvalue weighted by Crippen LogP contribution is -2.28. The fourth-order valence-corrected chi connectivity index (χ4v) is 3.85. The molecule has 20 heavy (non-hydrogen) atoms. The first-order valence-corrected chi connectivity index (χ1v) is 8.55. The molecule has 3 N–H and O–H groups in total. The monoisotopic (exact) mass is 298 g/mol. The normalized spacial score (nSPS) is 20.4. The van der Waals surface area contributed by atoms with E-state index in [2.05, 4.69) is 4.90 Å². The summed E-state index contributed by atoms with van der Waals surface area (Å²) in [7, 11) is -3.26. The van der Waals surface area contributed by atoms with Crippen LogP contribution >= 0.6 is 0 Å². The van der Waals surface area contributed by atoms with Crippen molar-refractivity contribution in [3.63, 3.8) is 0 Å². The van der Waals surface area contributed by atoms with Crippen LogP contribution in [0, 0.1) is 5.92 Å². The quantitative estimate of drug-likeness (QED) is 0.785. The van der Waals surface area contributed by atoms with Crippen LogP contribution in [0.5, 0.6) is 0 Å². The van der Waals surface area contributed by atoms with Gasteiger partial charge in [-0.05, 0) is 36.6 Å². The number of hydrogen-bond donors (Lipinski definition) is 2. The SMILES string of the molecule is NCc1cccc(S(=O)(=O)CCN2CCC(CO)C2)c1. The lowest BCUT2D eigenvalue weighted by Gasteiger charge is -2.15. The number of sulfone groups is 1. The minimum Gasteiger partial charge on any atom is -0.396 e. The van der Waals surface area contributed by atoms with Crippen LogP contribution in [0.2, 0.25) is 0 Å². The van der Waals surface area contributed by atoms with Crippen LogP contribution < -0.4 is 5.73 Å². The number of nitrogens with zero attached hydrogens (tertiary/aromatic N) is 1. The zero-order valence-corrected chi connectivity index (χ0v) is 12.3. The highest BCUT2D eigenvalue weighted by atomic mass is 32.2. The predicted octanol–water partition coefficient (Wildman–Crippen LogP) is 0.233. The van der Waals surface area contributed by atoms with Crippen molar-refractivity contribution in [3.05, 3.63) is 29.8 Å². The highest BCUT2D eigenvalue weighted by Crippen LogP contribution is 2.17. The molecule has 0 aromatic heterocycles. The second kappa shape index (κ2) is 6.67. The average molecular weight is 298 g/mol. The van der Waals surface area contributed by atoms with E-state index < -0.39 is 9.84 Å². The van der Waals surface area contributed by atoms with Gasteiger partial charge in [0.2, 0.25) is 0 Å². The number of rotatable bonds is 6. The third kappa shape index (κ3) is 3.79. The van der Waals surface area contributed by atoms with Gasteiger partial charge in [-0.15, -0.1) is 0 Å². The molecule has 1 unspecified atom stereocenters. The van der Waals surface area contributed by atoms with E-state index in [1.54, 1.807) is 18.2 Å². The third-order valence-electron chi connectivity index (χ3n) is 3.80. The summed E-state index contributed by atoms with van der Waals surface area (Å²) in [5, 5.41) is 9.09. The molecule has 1 aliphatic heterocycles. The molecule has 0 bridgehead atoms. The fourth-order valence-electron chi connectivity index (χ4n) is 2.50. The molecule has 0 aliphatic carbocycles. The summed E-state index contributed by atoms with van der Waals surface area (Å²) in [5.74, 6) is 0.400. The van der Waals surface area contributed by atoms with Gasteiger partial charge in [0, 0.05) is 26.2 Å². The highest BCUT2D eigenvalue weighted by Gasteiger charge is 2.23. The first-order chi connectivity index (χ1) is 9.55. The Morgan fingerprint density at radius 2 is 2.20 bits per heavy atom. The van der Waals surface area contributed by atoms with E-state index in [1.165, 1.54) is 0 Å². The highest BCUT2D eigenvalue weighted by molar-refractivity contribution is 7.91. The van der Waals surface area contributed by atoms with Gasteiger partial charge in [0.15, 0.2) is 9.84 Å². The summed E-state index contributed by atoms with van der Waals surface area (Å²) >= 11 is 0. The van der Waals surface area contributed by atoms with Crippen LogP contribution in [0.15, 0.2) is 29.2 Å². The largest absolute Gasteiger partial charge is 0.396 e. The van der Waals surface area contributed by atoms with Crippen molar-refractivity contribution in [1.82, 2.24) is 4.90 Å². The molecule has 1 saturated heterocycles. The van der Waals surface area contributed by atoms with Gasteiger partial charge in [-0.25, -0.2) is 8.42 Å². The number of aliphatic hydroxyl groups is 1. The molecule has 1 atom stereocenters. The molecule has 1 aliphatic rings. The van der Waals surface area contributed by atoms with Crippen molar-refractivity contribution in [2.75, 3.05) is 32.0 Å². The van der Waals surface area contributed by atoms with E-state index in [0.29, 0.717) is 23.9 Å². The zero-order chi connectivity index (χ0) is 14.6. The molecule has 6 heteroatoms. The van der Waals surface area contributed by atoms with Crippen LogP contribution in [0.4, 0.5) is 0 Å². The summed E-state index contributed by atoms with van der Waals surface area (Å²) in [6, 6.07) is 6.82. The van der Waals surface area contributed by atoms with E-state index >= 15 is 0 Å². The summed E-state index contributed by atoms with van der Waals surface area (Å²) in [5.41, 5.74) is 6.37. The van der Waals surface area contributed by atoms with Crippen molar-refractivity contribution in [2.45, 2.75) is 17.9 Å². The third-order valence-corrected chi connectivity index (χ3v) is 5.49. The van der Waals surface area contributed by atoms with Crippen LogP contribution in [0.3, 0.4) is 0 Å². The Kier molecular flexibility index (Phi) is 5.15. The number of likely N-dealkylation sites (tertiary alicyclic amines) is 1. The second-order valence-corrected chi connectivity index (χ2v) is 7.42.